The molecule has 0 aliphatic carbocycles. The van der Waals surface area contributed by atoms with Crippen LogP contribution < -0.4 is 0 Å². The average Bonchev–Trinajstić information content (AvgIpc) is 1.88. The maximum atomic E-state index is 2.65. The summed E-state index contributed by atoms with van der Waals surface area (Å²) in [6.07, 6.45) is 3.00. The molecule has 0 aromatic rings. The molecule has 1 nitrogen and oxygen atoms in total. The Bertz CT molecular complexity index is 85.1. The number of rotatable bonds is 0. The number of nitrogens with zero attached hydrogens (tertiary/aromatic N) is 1. The second-order valence-electron chi connectivity index (χ2n) is 3.09. The second kappa shape index (κ2) is 2.61. The molecule has 2 saturated heterocycles. The van der Waals surface area contributed by atoms with Gasteiger partial charge in [-0.05, 0) is 0 Å². The summed E-state index contributed by atoms with van der Waals surface area (Å²) < 4.78 is 0. The first-order valence-electron chi connectivity index (χ1n) is 3.75. The van der Waals surface area contributed by atoms with Crippen molar-refractivity contribution in [3.63, 3.8) is 0 Å². The number of fused-ring (bicyclic) bond motifs is 2. The third-order valence-corrected chi connectivity index (χ3v) is 4.86. The fourth-order valence-electron chi connectivity index (χ4n) is 1.75. The van der Waals surface area contributed by atoms with Crippen LogP contribution in [0.3, 0.4) is 0 Å². The number of hydrogen-bond donors (Lipinski definition) is 0. The molecule has 2 unspecified atom stereocenters. The Morgan fingerprint density at radius 1 is 1.44 bits per heavy atom. The van der Waals surface area contributed by atoms with Gasteiger partial charge in [-0.3, -0.25) is 0 Å². The molecule has 0 amide bonds. The first-order chi connectivity index (χ1) is 4.45. The van der Waals surface area contributed by atoms with Crippen molar-refractivity contribution < 1.29 is 0 Å². The van der Waals surface area contributed by atoms with Crippen molar-refractivity contribution in [2.45, 2.75) is 18.2 Å². The van der Waals surface area contributed by atoms with Gasteiger partial charge in [-0.2, -0.15) is 0 Å². The maximum absolute atomic E-state index is 2.65. The Balaban J connectivity index is 1.96. The van der Waals surface area contributed by atoms with Gasteiger partial charge in [0.1, 0.15) is 0 Å². The molecule has 0 spiro atoms. The van der Waals surface area contributed by atoms with E-state index in [0.717, 1.165) is 20.9 Å². The van der Waals surface area contributed by atoms with Crippen molar-refractivity contribution in [3.05, 3.63) is 0 Å². The summed E-state index contributed by atoms with van der Waals surface area (Å²) in [7, 11) is 0. The summed E-state index contributed by atoms with van der Waals surface area (Å²) in [4.78, 5) is 2.65. The summed E-state index contributed by atoms with van der Waals surface area (Å²) in [5.74, 6) is 1.10. The predicted molar refractivity (Wildman–Crippen MR) is 39.7 cm³/mol. The van der Waals surface area contributed by atoms with Crippen LogP contribution >= 0.6 is 0 Å². The summed E-state index contributed by atoms with van der Waals surface area (Å²) in [6.45, 7) is 2.83. The molecule has 52 valence electrons. The van der Waals surface area contributed by atoms with Crippen LogP contribution in [-0.2, 0) is 0 Å². The first kappa shape index (κ1) is 6.21. The summed E-state index contributed by atoms with van der Waals surface area (Å²) in [6, 6.07) is 0. The predicted octanol–water partition coefficient (Wildman–Crippen LogP) is 0.792. The van der Waals surface area contributed by atoms with E-state index >= 15 is 0 Å². The Labute approximate surface area is 63.0 Å². The molecule has 2 rings (SSSR count). The normalized spacial score (nSPS) is 42.7. The van der Waals surface area contributed by atoms with Crippen LogP contribution in [0, 0.1) is 5.92 Å². The van der Waals surface area contributed by atoms with E-state index in [2.05, 4.69) is 4.90 Å². The molecule has 0 aromatic heterocycles. The van der Waals surface area contributed by atoms with Gasteiger partial charge in [-0.15, -0.1) is 0 Å². The summed E-state index contributed by atoms with van der Waals surface area (Å²) >= 11 is 0.976. The Hall–Kier alpha value is 0.479. The van der Waals surface area contributed by atoms with Gasteiger partial charge in [-0.25, -0.2) is 0 Å². The molecule has 0 aromatic carbocycles. The van der Waals surface area contributed by atoms with Crippen molar-refractivity contribution in [2.24, 2.45) is 5.92 Å². The minimum absolute atomic E-state index is 0.976. The molecule has 2 bridgehead atoms. The van der Waals surface area contributed by atoms with Gasteiger partial charge in [0.2, 0.25) is 0 Å². The molecule has 0 saturated carbocycles. The van der Waals surface area contributed by atoms with Gasteiger partial charge >= 0.3 is 62.5 Å². The number of hydrogen-bond acceptors (Lipinski definition) is 1. The van der Waals surface area contributed by atoms with E-state index in [0.29, 0.717) is 0 Å². The quantitative estimate of drug-likeness (QED) is 0.510. The summed E-state index contributed by atoms with van der Waals surface area (Å²) in [5.41, 5.74) is 1.45. The molecule has 9 heavy (non-hydrogen) atoms. The van der Waals surface area contributed by atoms with Crippen molar-refractivity contribution in [1.82, 2.24) is 4.90 Å². The van der Waals surface area contributed by atoms with E-state index in [9.17, 15) is 0 Å². The third kappa shape index (κ3) is 1.31. The van der Waals surface area contributed by atoms with Gasteiger partial charge in [0.25, 0.3) is 0 Å². The van der Waals surface area contributed by atoms with Gasteiger partial charge in [0.15, 0.2) is 0 Å². The van der Waals surface area contributed by atoms with Crippen molar-refractivity contribution >= 4 is 15.0 Å². The molecule has 0 N–H and O–H groups in total. The molecule has 2 heterocycles. The van der Waals surface area contributed by atoms with E-state index < -0.39 is 0 Å². The Morgan fingerprint density at radius 3 is 3.22 bits per heavy atom. The molecule has 2 atom stereocenters. The van der Waals surface area contributed by atoms with E-state index in [1.54, 1.807) is 5.32 Å². The molecule has 2 aliphatic rings. The van der Waals surface area contributed by atoms with Crippen LogP contribution in [0.2, 0.25) is 5.32 Å². The van der Waals surface area contributed by atoms with Crippen molar-refractivity contribution in [2.75, 3.05) is 18.5 Å². The van der Waals surface area contributed by atoms with Crippen LogP contribution in [0.25, 0.3) is 0 Å². The van der Waals surface area contributed by atoms with Crippen LogP contribution in [0.15, 0.2) is 0 Å². The van der Waals surface area contributed by atoms with Gasteiger partial charge in [0.05, 0.1) is 0 Å². The monoisotopic (exact) mass is 191 g/mol. The SMILES string of the molecule is C1CC2C[Se]CN(C1)C2. The van der Waals surface area contributed by atoms with E-state index in [1.165, 1.54) is 31.4 Å². The molecule has 2 fully saturated rings. The second-order valence-corrected chi connectivity index (χ2v) is 5.18. The number of piperidine rings is 1. The van der Waals surface area contributed by atoms with Crippen LogP contribution in [-0.4, -0.2) is 38.4 Å². The molecular formula is C7H13NSe. The molecular weight excluding hydrogens is 177 g/mol. The zero-order valence-electron chi connectivity index (χ0n) is 5.68. The van der Waals surface area contributed by atoms with Gasteiger partial charge in [0, 0.05) is 0 Å². The molecule has 2 aliphatic heterocycles. The topological polar surface area (TPSA) is 3.24 Å². The van der Waals surface area contributed by atoms with Crippen molar-refractivity contribution in [1.29, 1.82) is 0 Å². The first-order valence-corrected chi connectivity index (χ1v) is 6.17. The Morgan fingerprint density at radius 2 is 2.44 bits per heavy atom. The summed E-state index contributed by atoms with van der Waals surface area (Å²) in [5, 5.41) is 1.57. The third-order valence-electron chi connectivity index (χ3n) is 2.23. The minimum atomic E-state index is 0.976. The Kier molecular flexibility index (Phi) is 1.80. The zero-order chi connectivity index (χ0) is 6.10. The fraction of sp³-hybridized carbons (Fsp3) is 1.00. The van der Waals surface area contributed by atoms with E-state index in [1.807, 2.05) is 0 Å². The van der Waals surface area contributed by atoms with Gasteiger partial charge in [-0.1, -0.05) is 0 Å². The van der Waals surface area contributed by atoms with Gasteiger partial charge < -0.3 is 0 Å². The molecule has 0 radical (unpaired) electrons. The average molecular weight is 190 g/mol. The van der Waals surface area contributed by atoms with Crippen molar-refractivity contribution in [3.8, 4) is 0 Å². The van der Waals surface area contributed by atoms with E-state index in [4.69, 9.17) is 0 Å². The molecule has 2 heteroatoms. The zero-order valence-corrected chi connectivity index (χ0v) is 7.39. The fourth-order valence-corrected chi connectivity index (χ4v) is 4.28. The van der Waals surface area contributed by atoms with E-state index in [-0.39, 0.29) is 0 Å². The standard InChI is InChI=1S/C7H13NSe/c1-2-7-4-8(3-1)6-9-5-7/h7H,1-6H2. The van der Waals surface area contributed by atoms with Crippen LogP contribution in [0.5, 0.6) is 0 Å². The van der Waals surface area contributed by atoms with Crippen LogP contribution in [0.4, 0.5) is 0 Å². The van der Waals surface area contributed by atoms with Crippen LogP contribution in [0.1, 0.15) is 12.8 Å².